The van der Waals surface area contributed by atoms with Crippen molar-refractivity contribution >= 4 is 17.5 Å². The fourth-order valence-corrected chi connectivity index (χ4v) is 2.54. The lowest BCUT2D eigenvalue weighted by molar-refractivity contribution is -0.143. The average molecular weight is 306 g/mol. The van der Waals surface area contributed by atoms with Crippen LogP contribution in [0.5, 0.6) is 0 Å². The first-order valence-electron chi connectivity index (χ1n) is 8.17. The van der Waals surface area contributed by atoms with E-state index in [1.807, 2.05) is 6.08 Å². The number of allylic oxidation sites excluding steroid dienone is 4. The van der Waals surface area contributed by atoms with E-state index < -0.39 is 0 Å². The van der Waals surface area contributed by atoms with Gasteiger partial charge in [0.05, 0.1) is 6.61 Å². The third kappa shape index (κ3) is 6.37. The summed E-state index contributed by atoms with van der Waals surface area (Å²) in [5, 5.41) is 0. The number of ketones is 2. The van der Waals surface area contributed by atoms with Crippen molar-refractivity contribution in [1.29, 1.82) is 0 Å². The van der Waals surface area contributed by atoms with Crippen LogP contribution in [-0.2, 0) is 19.1 Å². The molecule has 0 radical (unpaired) electrons. The molecular weight excluding hydrogens is 280 g/mol. The van der Waals surface area contributed by atoms with Crippen LogP contribution in [0.15, 0.2) is 24.3 Å². The summed E-state index contributed by atoms with van der Waals surface area (Å²) in [6.07, 6.45) is 11.1. The first-order chi connectivity index (χ1) is 10.6. The monoisotopic (exact) mass is 306 g/mol. The van der Waals surface area contributed by atoms with Crippen molar-refractivity contribution in [2.45, 2.75) is 52.4 Å². The quantitative estimate of drug-likeness (QED) is 0.352. The Labute approximate surface area is 132 Å². The molecule has 1 aliphatic rings. The van der Waals surface area contributed by atoms with Gasteiger partial charge in [0.15, 0.2) is 11.6 Å². The van der Waals surface area contributed by atoms with Gasteiger partial charge in [0, 0.05) is 24.7 Å². The molecule has 4 heteroatoms. The number of rotatable bonds is 10. The Hall–Kier alpha value is -1.71. The summed E-state index contributed by atoms with van der Waals surface area (Å²) in [6.45, 7) is 4.21. The second kappa shape index (κ2) is 10.1. The average Bonchev–Trinajstić information content (AvgIpc) is 2.84. The minimum absolute atomic E-state index is 0.0254. The molecule has 0 aromatic rings. The number of hydrogen-bond acceptors (Lipinski definition) is 4. The van der Waals surface area contributed by atoms with E-state index in [2.05, 4.69) is 6.92 Å². The highest BCUT2D eigenvalue weighted by molar-refractivity contribution is 5.95. The number of esters is 1. The molecule has 0 N–H and O–H groups in total. The molecule has 0 bridgehead atoms. The standard InChI is InChI=1S/C18H26O4/c1-3-5-6-7-15(19)10-8-14-9-12-17(20)16(14)11-13-18(21)22-4-2/h8-10,12,14,16H,3-7,11,13H2,1-2H3/b10-8+/t14-,16-/m0/s1. The molecule has 0 aliphatic heterocycles. The highest BCUT2D eigenvalue weighted by Gasteiger charge is 2.28. The van der Waals surface area contributed by atoms with Crippen LogP contribution in [-0.4, -0.2) is 24.1 Å². The Bertz CT molecular complexity index is 448. The minimum atomic E-state index is -0.277. The van der Waals surface area contributed by atoms with Gasteiger partial charge in [-0.25, -0.2) is 0 Å². The van der Waals surface area contributed by atoms with Gasteiger partial charge in [-0.15, -0.1) is 0 Å². The van der Waals surface area contributed by atoms with E-state index in [0.29, 0.717) is 19.4 Å². The fourth-order valence-electron chi connectivity index (χ4n) is 2.54. The van der Waals surface area contributed by atoms with Crippen LogP contribution in [0.25, 0.3) is 0 Å². The molecule has 4 nitrogen and oxygen atoms in total. The van der Waals surface area contributed by atoms with Gasteiger partial charge in [0.25, 0.3) is 0 Å². The molecule has 1 aliphatic carbocycles. The lowest BCUT2D eigenvalue weighted by atomic mass is 9.89. The molecule has 0 aromatic carbocycles. The predicted molar refractivity (Wildman–Crippen MR) is 85.3 cm³/mol. The fraction of sp³-hybridized carbons (Fsp3) is 0.611. The highest BCUT2D eigenvalue weighted by atomic mass is 16.5. The van der Waals surface area contributed by atoms with E-state index in [1.54, 1.807) is 25.2 Å². The summed E-state index contributed by atoms with van der Waals surface area (Å²) in [6, 6.07) is 0. The summed E-state index contributed by atoms with van der Waals surface area (Å²) in [4.78, 5) is 35.0. The molecule has 0 fully saturated rings. The molecule has 0 heterocycles. The molecule has 0 amide bonds. The van der Waals surface area contributed by atoms with Crippen LogP contribution in [0, 0.1) is 11.8 Å². The van der Waals surface area contributed by atoms with Crippen LogP contribution in [0.2, 0.25) is 0 Å². The summed E-state index contributed by atoms with van der Waals surface area (Å²) >= 11 is 0. The van der Waals surface area contributed by atoms with E-state index in [-0.39, 0.29) is 35.8 Å². The Balaban J connectivity index is 2.46. The second-order valence-electron chi connectivity index (χ2n) is 5.57. The third-order valence-electron chi connectivity index (χ3n) is 3.81. The molecule has 122 valence electrons. The first-order valence-corrected chi connectivity index (χ1v) is 8.17. The number of carbonyl (C=O) groups is 3. The summed E-state index contributed by atoms with van der Waals surface area (Å²) in [5.74, 6) is -0.482. The molecule has 0 aromatic heterocycles. The molecule has 0 unspecified atom stereocenters. The zero-order valence-corrected chi connectivity index (χ0v) is 13.5. The van der Waals surface area contributed by atoms with Crippen molar-refractivity contribution in [2.75, 3.05) is 6.61 Å². The van der Waals surface area contributed by atoms with Gasteiger partial charge in [0.1, 0.15) is 0 Å². The lowest BCUT2D eigenvalue weighted by Gasteiger charge is -2.14. The van der Waals surface area contributed by atoms with Crippen LogP contribution in [0.3, 0.4) is 0 Å². The molecular formula is C18H26O4. The van der Waals surface area contributed by atoms with Crippen LogP contribution in [0.4, 0.5) is 0 Å². The molecule has 0 saturated carbocycles. The van der Waals surface area contributed by atoms with Crippen molar-refractivity contribution < 1.29 is 19.1 Å². The van der Waals surface area contributed by atoms with Crippen molar-refractivity contribution in [3.8, 4) is 0 Å². The summed E-state index contributed by atoms with van der Waals surface area (Å²) < 4.78 is 4.88. The number of ether oxygens (including phenoxy) is 1. The normalized spacial score (nSPS) is 20.7. The third-order valence-corrected chi connectivity index (χ3v) is 3.81. The van der Waals surface area contributed by atoms with Gasteiger partial charge >= 0.3 is 5.97 Å². The van der Waals surface area contributed by atoms with E-state index >= 15 is 0 Å². The van der Waals surface area contributed by atoms with E-state index in [4.69, 9.17) is 4.74 Å². The van der Waals surface area contributed by atoms with Crippen molar-refractivity contribution in [3.63, 3.8) is 0 Å². The SMILES string of the molecule is CCCCCC(=O)/C=C/[C@H]1C=CC(=O)[C@H]1CCC(=O)OCC. The van der Waals surface area contributed by atoms with Crippen molar-refractivity contribution in [1.82, 2.24) is 0 Å². The van der Waals surface area contributed by atoms with E-state index in [0.717, 1.165) is 19.3 Å². The van der Waals surface area contributed by atoms with Crippen LogP contribution in [0.1, 0.15) is 52.4 Å². The maximum Gasteiger partial charge on any atom is 0.305 e. The summed E-state index contributed by atoms with van der Waals surface area (Å²) in [7, 11) is 0. The van der Waals surface area contributed by atoms with Gasteiger partial charge in [-0.3, -0.25) is 14.4 Å². The molecule has 0 spiro atoms. The molecule has 22 heavy (non-hydrogen) atoms. The second-order valence-corrected chi connectivity index (χ2v) is 5.57. The maximum absolute atomic E-state index is 11.9. The first kappa shape index (κ1) is 18.3. The highest BCUT2D eigenvalue weighted by Crippen LogP contribution is 2.28. The minimum Gasteiger partial charge on any atom is -0.466 e. The van der Waals surface area contributed by atoms with E-state index in [9.17, 15) is 14.4 Å². The largest absolute Gasteiger partial charge is 0.466 e. The zero-order chi connectivity index (χ0) is 16.4. The molecule has 1 rings (SSSR count). The zero-order valence-electron chi connectivity index (χ0n) is 13.5. The van der Waals surface area contributed by atoms with Gasteiger partial charge in [-0.1, -0.05) is 31.9 Å². The van der Waals surface area contributed by atoms with Gasteiger partial charge in [0.2, 0.25) is 0 Å². The number of unbranched alkanes of at least 4 members (excludes halogenated alkanes) is 2. The molecule has 2 atom stereocenters. The molecule has 0 saturated heterocycles. The summed E-state index contributed by atoms with van der Waals surface area (Å²) in [5.41, 5.74) is 0. The van der Waals surface area contributed by atoms with Crippen LogP contribution < -0.4 is 0 Å². The van der Waals surface area contributed by atoms with Gasteiger partial charge in [-0.05, 0) is 31.9 Å². The topological polar surface area (TPSA) is 60.4 Å². The van der Waals surface area contributed by atoms with Gasteiger partial charge < -0.3 is 4.74 Å². The van der Waals surface area contributed by atoms with Gasteiger partial charge in [-0.2, -0.15) is 0 Å². The Morgan fingerprint density at radius 3 is 2.68 bits per heavy atom. The lowest BCUT2D eigenvalue weighted by Crippen LogP contribution is -2.17. The Morgan fingerprint density at radius 1 is 1.23 bits per heavy atom. The number of hydrogen-bond donors (Lipinski definition) is 0. The smallest absolute Gasteiger partial charge is 0.305 e. The number of carbonyl (C=O) groups excluding carboxylic acids is 3. The Morgan fingerprint density at radius 2 is 2.00 bits per heavy atom. The van der Waals surface area contributed by atoms with E-state index in [1.165, 1.54) is 0 Å². The van der Waals surface area contributed by atoms with Crippen molar-refractivity contribution in [2.24, 2.45) is 11.8 Å². The van der Waals surface area contributed by atoms with Crippen molar-refractivity contribution in [3.05, 3.63) is 24.3 Å². The Kier molecular flexibility index (Phi) is 8.41. The maximum atomic E-state index is 11.9. The van der Waals surface area contributed by atoms with Crippen LogP contribution >= 0.6 is 0 Å². The predicted octanol–water partition coefficient (Wildman–Crippen LogP) is 3.41.